The van der Waals surface area contributed by atoms with E-state index in [2.05, 4.69) is 87.7 Å². The number of nitrogens with zero attached hydrogens (tertiary/aromatic N) is 6. The summed E-state index contributed by atoms with van der Waals surface area (Å²) in [5.74, 6) is -5.51. The number of alkyl halides is 6. The third kappa shape index (κ3) is 9.47. The van der Waals surface area contributed by atoms with Crippen LogP contribution in [-0.2, 0) is 16.1 Å². The van der Waals surface area contributed by atoms with Gasteiger partial charge in [-0.15, -0.1) is 5.10 Å². The Kier molecular flexibility index (Phi) is 11.0. The third-order valence-corrected chi connectivity index (χ3v) is 6.49. The maximum Gasteiger partial charge on any atom is 0.490 e. The second-order valence-corrected chi connectivity index (χ2v) is 9.79. The van der Waals surface area contributed by atoms with E-state index in [1.54, 1.807) is 0 Å². The number of carbonyl (C=O) groups is 2. The zero-order valence-corrected chi connectivity index (χ0v) is 23.4. The highest BCUT2D eigenvalue weighted by Gasteiger charge is 2.39. The number of carboxylic acid groups (broad SMARTS) is 2. The molecule has 0 radical (unpaired) electrons. The molecule has 5 rings (SSSR count). The number of aliphatic carboxylic acids is 2. The molecule has 44 heavy (non-hydrogen) atoms. The molecule has 236 valence electrons. The number of carboxylic acids is 2. The predicted octanol–water partition coefficient (Wildman–Crippen LogP) is 4.86. The van der Waals surface area contributed by atoms with Crippen molar-refractivity contribution < 1.29 is 46.1 Å². The van der Waals surface area contributed by atoms with Crippen LogP contribution in [0, 0.1) is 6.92 Å². The first kappa shape index (κ1) is 33.9. The van der Waals surface area contributed by atoms with Crippen LogP contribution in [0.4, 0.5) is 26.3 Å². The molecular weight excluding hydrogens is 598 g/mol. The van der Waals surface area contributed by atoms with Gasteiger partial charge in [0, 0.05) is 50.3 Å². The lowest BCUT2D eigenvalue weighted by Gasteiger charge is -2.38. The molecule has 4 aromatic rings. The molecule has 1 saturated heterocycles. The second kappa shape index (κ2) is 14.3. The largest absolute Gasteiger partial charge is 0.490 e. The van der Waals surface area contributed by atoms with Gasteiger partial charge in [-0.1, -0.05) is 47.2 Å². The zero-order chi connectivity index (χ0) is 32.7. The number of benzene rings is 1. The Morgan fingerprint density at radius 3 is 2.05 bits per heavy atom. The molecule has 0 aliphatic carbocycles. The summed E-state index contributed by atoms with van der Waals surface area (Å²) in [6, 6.07) is 17.3. The van der Waals surface area contributed by atoms with E-state index in [1.165, 1.54) is 16.7 Å². The van der Waals surface area contributed by atoms with Crippen molar-refractivity contribution in [2.45, 2.75) is 31.9 Å². The highest BCUT2D eigenvalue weighted by atomic mass is 19.4. The van der Waals surface area contributed by atoms with E-state index in [1.807, 2.05) is 23.0 Å². The topological polar surface area (TPSA) is 124 Å². The lowest BCUT2D eigenvalue weighted by atomic mass is 10.0. The van der Waals surface area contributed by atoms with Crippen molar-refractivity contribution in [3.05, 3.63) is 83.9 Å². The summed E-state index contributed by atoms with van der Waals surface area (Å²) in [4.78, 5) is 26.9. The van der Waals surface area contributed by atoms with Crippen LogP contribution >= 0.6 is 0 Å². The Balaban J connectivity index is 0.000000317. The molecule has 1 aliphatic rings. The van der Waals surface area contributed by atoms with Crippen LogP contribution in [0.3, 0.4) is 0 Å². The molecule has 0 amide bonds. The molecule has 3 aromatic heterocycles. The second-order valence-electron chi connectivity index (χ2n) is 9.79. The first-order chi connectivity index (χ1) is 20.6. The normalized spacial score (nSPS) is 16.0. The number of aromatic nitrogens is 4. The van der Waals surface area contributed by atoms with Crippen LogP contribution in [-0.4, -0.2) is 90.8 Å². The van der Waals surface area contributed by atoms with Crippen LogP contribution < -0.4 is 0 Å². The van der Waals surface area contributed by atoms with Gasteiger partial charge in [-0.25, -0.2) is 14.1 Å². The van der Waals surface area contributed by atoms with E-state index < -0.39 is 24.3 Å². The van der Waals surface area contributed by atoms with Crippen LogP contribution in [0.15, 0.2) is 67.1 Å². The summed E-state index contributed by atoms with van der Waals surface area (Å²) in [6.45, 7) is 5.99. The van der Waals surface area contributed by atoms with Crippen LogP contribution in [0.1, 0.15) is 22.9 Å². The Bertz CT molecular complexity index is 1520. The lowest BCUT2D eigenvalue weighted by Crippen LogP contribution is -2.46. The minimum absolute atomic E-state index is 0.221. The van der Waals surface area contributed by atoms with Gasteiger partial charge in [-0.2, -0.15) is 26.3 Å². The number of likely N-dealkylation sites (N-methyl/N-ethyl adjacent to an activating group) is 1. The van der Waals surface area contributed by atoms with Crippen LogP contribution in [0.2, 0.25) is 0 Å². The molecule has 1 fully saturated rings. The van der Waals surface area contributed by atoms with Gasteiger partial charge >= 0.3 is 24.3 Å². The number of pyridine rings is 2. The lowest BCUT2D eigenvalue weighted by molar-refractivity contribution is -0.193. The molecular formula is C28H28F6N6O4. The van der Waals surface area contributed by atoms with Crippen molar-refractivity contribution in [2.24, 2.45) is 0 Å². The average molecular weight is 627 g/mol. The number of hydrogen-bond acceptors (Lipinski definition) is 7. The monoisotopic (exact) mass is 626 g/mol. The predicted molar refractivity (Wildman–Crippen MR) is 145 cm³/mol. The molecule has 1 aromatic carbocycles. The van der Waals surface area contributed by atoms with E-state index in [0.29, 0.717) is 0 Å². The van der Waals surface area contributed by atoms with Gasteiger partial charge < -0.3 is 10.2 Å². The number of hydrogen-bond donors (Lipinski definition) is 2. The van der Waals surface area contributed by atoms with Gasteiger partial charge in [0.2, 0.25) is 0 Å². The van der Waals surface area contributed by atoms with E-state index >= 15 is 0 Å². The molecule has 4 heterocycles. The number of piperazine rings is 1. The Hall–Kier alpha value is -4.57. The van der Waals surface area contributed by atoms with Gasteiger partial charge in [-0.3, -0.25) is 14.8 Å². The smallest absolute Gasteiger partial charge is 0.475 e. The van der Waals surface area contributed by atoms with Crippen LogP contribution in [0.5, 0.6) is 0 Å². The summed E-state index contributed by atoms with van der Waals surface area (Å²) in [7, 11) is 2.18. The van der Waals surface area contributed by atoms with E-state index in [9.17, 15) is 26.3 Å². The average Bonchev–Trinajstić information content (AvgIpc) is 3.38. The standard InChI is InChI=1S/C24H26N6.2C2HF3O2/c1-18-5-7-20(8-6-18)21-9-10-22-24(26-27-30(22)16-21)23-17-29(13-12-28(23)2)15-19-4-3-11-25-14-19;2*3-2(4,5)1(6)7/h3-11,14,16,23H,12-13,15,17H2,1-2H3;2*(H,6,7). The molecule has 10 nitrogen and oxygen atoms in total. The fraction of sp³-hybridized carbons (Fsp3) is 0.321. The first-order valence-electron chi connectivity index (χ1n) is 12.9. The van der Waals surface area contributed by atoms with Crippen molar-refractivity contribution in [3.63, 3.8) is 0 Å². The van der Waals surface area contributed by atoms with Gasteiger partial charge in [0.15, 0.2) is 0 Å². The third-order valence-electron chi connectivity index (χ3n) is 6.49. The molecule has 16 heteroatoms. The molecule has 2 N–H and O–H groups in total. The fourth-order valence-electron chi connectivity index (χ4n) is 4.19. The van der Waals surface area contributed by atoms with E-state index in [4.69, 9.17) is 19.8 Å². The number of aryl methyl sites for hydroxylation is 1. The van der Waals surface area contributed by atoms with Gasteiger partial charge in [0.25, 0.3) is 0 Å². The van der Waals surface area contributed by atoms with Crippen molar-refractivity contribution in [1.29, 1.82) is 0 Å². The van der Waals surface area contributed by atoms with Gasteiger partial charge in [-0.05, 0) is 37.2 Å². The molecule has 0 bridgehead atoms. The van der Waals surface area contributed by atoms with Crippen molar-refractivity contribution in [3.8, 4) is 11.1 Å². The van der Waals surface area contributed by atoms with Gasteiger partial charge in [0.05, 0.1) is 11.6 Å². The highest BCUT2D eigenvalue weighted by molar-refractivity contribution is 5.73. The SMILES string of the molecule is Cc1ccc(-c2ccc3c(C4CN(Cc5cccnc5)CCN4C)nnn3c2)cc1.O=C(O)C(F)(F)F.O=C(O)C(F)(F)F. The highest BCUT2D eigenvalue weighted by Crippen LogP contribution is 2.28. The maximum atomic E-state index is 10.6. The van der Waals surface area contributed by atoms with Gasteiger partial charge in [0.1, 0.15) is 5.69 Å². The summed E-state index contributed by atoms with van der Waals surface area (Å²) < 4.78 is 65.4. The Morgan fingerprint density at radius 2 is 1.50 bits per heavy atom. The fourth-order valence-corrected chi connectivity index (χ4v) is 4.19. The molecule has 0 saturated carbocycles. The van der Waals surface area contributed by atoms with Crippen molar-refractivity contribution in [2.75, 3.05) is 26.7 Å². The van der Waals surface area contributed by atoms with E-state index in [-0.39, 0.29) is 6.04 Å². The number of halogens is 6. The molecule has 0 spiro atoms. The Morgan fingerprint density at radius 1 is 0.909 bits per heavy atom. The summed E-state index contributed by atoms with van der Waals surface area (Å²) in [6.07, 6.45) is -4.32. The summed E-state index contributed by atoms with van der Waals surface area (Å²) in [5.41, 5.74) is 6.97. The summed E-state index contributed by atoms with van der Waals surface area (Å²) in [5, 5.41) is 23.3. The molecule has 1 aliphatic heterocycles. The van der Waals surface area contributed by atoms with Crippen LogP contribution in [0.25, 0.3) is 16.6 Å². The summed E-state index contributed by atoms with van der Waals surface area (Å²) >= 11 is 0. The number of fused-ring (bicyclic) bond motifs is 1. The first-order valence-corrected chi connectivity index (χ1v) is 12.9. The quantitative estimate of drug-likeness (QED) is 0.306. The van der Waals surface area contributed by atoms with Crippen molar-refractivity contribution >= 4 is 17.5 Å². The van der Waals surface area contributed by atoms with Crippen molar-refractivity contribution in [1.82, 2.24) is 29.6 Å². The Labute approximate surface area is 247 Å². The molecule has 1 atom stereocenters. The minimum Gasteiger partial charge on any atom is -0.475 e. The van der Waals surface area contributed by atoms with E-state index in [0.717, 1.165) is 43.0 Å². The number of rotatable bonds is 4. The molecule has 1 unspecified atom stereocenters. The zero-order valence-electron chi connectivity index (χ0n) is 23.4. The minimum atomic E-state index is -5.08. The maximum absolute atomic E-state index is 10.6.